The van der Waals surface area contributed by atoms with Gasteiger partial charge in [-0.3, -0.25) is 9.59 Å². The lowest BCUT2D eigenvalue weighted by Crippen LogP contribution is -2.44. The second-order valence-electron chi connectivity index (χ2n) is 3.44. The maximum Gasteiger partial charge on any atom is 0.234 e. The fourth-order valence-electron chi connectivity index (χ4n) is 1.99. The van der Waals surface area contributed by atoms with Crippen LogP contribution in [0.5, 0.6) is 0 Å². The minimum absolute atomic E-state index is 0.0611. The van der Waals surface area contributed by atoms with Gasteiger partial charge in [-0.05, 0) is 25.9 Å². The number of rotatable bonds is 0. The van der Waals surface area contributed by atoms with E-state index in [4.69, 9.17) is 0 Å². The summed E-state index contributed by atoms with van der Waals surface area (Å²) in [5.74, 6) is 0.0167. The van der Waals surface area contributed by atoms with Gasteiger partial charge in [-0.2, -0.15) is 0 Å². The van der Waals surface area contributed by atoms with Crippen LogP contribution in [-0.2, 0) is 9.59 Å². The average molecular weight is 168 g/mol. The summed E-state index contributed by atoms with van der Waals surface area (Å²) in [5.41, 5.74) is -0.661. The molecule has 0 radical (unpaired) electrons. The number of nitrogens with one attached hydrogen (secondary N) is 2. The van der Waals surface area contributed by atoms with Gasteiger partial charge in [-0.25, -0.2) is 0 Å². The number of Topliss-reactive ketones (excluding diaryl/α,β-unsaturated/α-hetero) is 1. The Balaban J connectivity index is 2.26. The maximum absolute atomic E-state index is 11.5. The molecular formula is C8H12N2O2. The van der Waals surface area contributed by atoms with Gasteiger partial charge >= 0.3 is 0 Å². The highest BCUT2D eigenvalue weighted by molar-refractivity contribution is 6.12. The van der Waals surface area contributed by atoms with Gasteiger partial charge in [0.05, 0.1) is 6.54 Å². The molecule has 66 valence electrons. The summed E-state index contributed by atoms with van der Waals surface area (Å²) in [7, 11) is 0. The molecule has 2 fully saturated rings. The molecule has 0 atom stereocenters. The number of amides is 1. The summed E-state index contributed by atoms with van der Waals surface area (Å²) in [5, 5.41) is 5.76. The van der Waals surface area contributed by atoms with E-state index in [2.05, 4.69) is 10.6 Å². The lowest BCUT2D eigenvalue weighted by atomic mass is 9.77. The second-order valence-corrected chi connectivity index (χ2v) is 3.44. The standard InChI is InChI=1S/C8H12N2O2/c11-6-5-10-7(12)8(6)1-3-9-4-2-8/h9H,1-5H2,(H,10,12). The van der Waals surface area contributed by atoms with E-state index in [0.717, 1.165) is 13.1 Å². The minimum atomic E-state index is -0.661. The number of ketones is 1. The molecule has 0 aliphatic carbocycles. The molecule has 0 aromatic carbocycles. The summed E-state index contributed by atoms with van der Waals surface area (Å²) in [6, 6.07) is 0. The summed E-state index contributed by atoms with van der Waals surface area (Å²) in [6.45, 7) is 1.79. The van der Waals surface area contributed by atoms with Crippen LogP contribution < -0.4 is 10.6 Å². The van der Waals surface area contributed by atoms with Gasteiger partial charge in [0, 0.05) is 0 Å². The first-order valence-corrected chi connectivity index (χ1v) is 4.28. The van der Waals surface area contributed by atoms with Crippen LogP contribution in [0.25, 0.3) is 0 Å². The van der Waals surface area contributed by atoms with Gasteiger partial charge in [0.1, 0.15) is 5.41 Å². The Morgan fingerprint density at radius 1 is 1.17 bits per heavy atom. The Morgan fingerprint density at radius 2 is 1.83 bits per heavy atom. The Hall–Kier alpha value is -0.900. The van der Waals surface area contributed by atoms with Crippen LogP contribution in [0.15, 0.2) is 0 Å². The van der Waals surface area contributed by atoms with Crippen molar-refractivity contribution in [1.29, 1.82) is 0 Å². The van der Waals surface area contributed by atoms with Crippen LogP contribution in [0, 0.1) is 5.41 Å². The Morgan fingerprint density at radius 3 is 2.33 bits per heavy atom. The van der Waals surface area contributed by atoms with Crippen molar-refractivity contribution in [3.05, 3.63) is 0 Å². The summed E-state index contributed by atoms with van der Waals surface area (Å²) in [6.07, 6.45) is 1.33. The molecule has 0 saturated carbocycles. The van der Waals surface area contributed by atoms with E-state index in [1.165, 1.54) is 0 Å². The molecule has 1 spiro atoms. The van der Waals surface area contributed by atoms with Gasteiger partial charge in [0.25, 0.3) is 0 Å². The van der Waals surface area contributed by atoms with Crippen molar-refractivity contribution in [3.8, 4) is 0 Å². The van der Waals surface area contributed by atoms with Crippen molar-refractivity contribution in [3.63, 3.8) is 0 Å². The molecule has 0 bridgehead atoms. The number of hydrogen-bond acceptors (Lipinski definition) is 3. The third-order valence-electron chi connectivity index (χ3n) is 2.84. The predicted molar refractivity (Wildman–Crippen MR) is 42.6 cm³/mol. The van der Waals surface area contributed by atoms with Crippen LogP contribution in [0.2, 0.25) is 0 Å². The summed E-state index contributed by atoms with van der Waals surface area (Å²) >= 11 is 0. The Bertz CT molecular complexity index is 213. The molecule has 2 saturated heterocycles. The normalized spacial score (nSPS) is 27.7. The molecule has 2 aliphatic rings. The summed E-state index contributed by atoms with van der Waals surface area (Å²) in [4.78, 5) is 22.9. The van der Waals surface area contributed by atoms with Gasteiger partial charge in [-0.1, -0.05) is 0 Å². The molecule has 4 nitrogen and oxygen atoms in total. The number of carbonyl (C=O) groups excluding carboxylic acids is 2. The van der Waals surface area contributed by atoms with Crippen LogP contribution >= 0.6 is 0 Å². The molecule has 0 aromatic rings. The van der Waals surface area contributed by atoms with Gasteiger partial charge in [0.2, 0.25) is 5.91 Å². The average Bonchev–Trinajstić information content (AvgIpc) is 2.36. The van der Waals surface area contributed by atoms with Crippen molar-refractivity contribution in [1.82, 2.24) is 10.6 Å². The number of hydrogen-bond donors (Lipinski definition) is 2. The van der Waals surface area contributed by atoms with E-state index in [1.807, 2.05) is 0 Å². The highest BCUT2D eigenvalue weighted by atomic mass is 16.2. The van der Waals surface area contributed by atoms with Crippen molar-refractivity contribution in [2.45, 2.75) is 12.8 Å². The van der Waals surface area contributed by atoms with E-state index in [-0.39, 0.29) is 18.2 Å². The van der Waals surface area contributed by atoms with E-state index >= 15 is 0 Å². The molecule has 4 heteroatoms. The molecule has 2 heterocycles. The van der Waals surface area contributed by atoms with E-state index < -0.39 is 5.41 Å². The van der Waals surface area contributed by atoms with Crippen molar-refractivity contribution in [2.24, 2.45) is 5.41 Å². The molecule has 2 aliphatic heterocycles. The highest BCUT2D eigenvalue weighted by Crippen LogP contribution is 2.32. The zero-order valence-corrected chi connectivity index (χ0v) is 6.85. The van der Waals surface area contributed by atoms with Crippen molar-refractivity contribution < 1.29 is 9.59 Å². The quantitative estimate of drug-likeness (QED) is 0.459. The zero-order chi connectivity index (χ0) is 8.60. The molecule has 0 aromatic heterocycles. The lowest BCUT2D eigenvalue weighted by Gasteiger charge is -2.28. The molecule has 1 amide bonds. The van der Waals surface area contributed by atoms with E-state index in [0.29, 0.717) is 12.8 Å². The van der Waals surface area contributed by atoms with E-state index in [9.17, 15) is 9.59 Å². The van der Waals surface area contributed by atoms with Crippen LogP contribution in [0.4, 0.5) is 0 Å². The molecule has 0 unspecified atom stereocenters. The van der Waals surface area contributed by atoms with Gasteiger partial charge in [-0.15, -0.1) is 0 Å². The molecule has 12 heavy (non-hydrogen) atoms. The monoisotopic (exact) mass is 168 g/mol. The lowest BCUT2D eigenvalue weighted by molar-refractivity contribution is -0.136. The third-order valence-corrected chi connectivity index (χ3v) is 2.84. The number of piperidine rings is 1. The smallest absolute Gasteiger partial charge is 0.234 e. The first kappa shape index (κ1) is 7.73. The van der Waals surface area contributed by atoms with Gasteiger partial charge in [0.15, 0.2) is 5.78 Å². The SMILES string of the molecule is O=C1CNC(=O)C12CCNCC2. The Labute approximate surface area is 70.7 Å². The second kappa shape index (κ2) is 2.55. The first-order valence-electron chi connectivity index (χ1n) is 4.28. The van der Waals surface area contributed by atoms with Crippen LogP contribution in [-0.4, -0.2) is 31.3 Å². The minimum Gasteiger partial charge on any atom is -0.348 e. The fraction of sp³-hybridized carbons (Fsp3) is 0.750. The maximum atomic E-state index is 11.5. The van der Waals surface area contributed by atoms with Crippen LogP contribution in [0.1, 0.15) is 12.8 Å². The van der Waals surface area contributed by atoms with E-state index in [1.54, 1.807) is 0 Å². The topological polar surface area (TPSA) is 58.2 Å². The molecular weight excluding hydrogens is 156 g/mol. The fourth-order valence-corrected chi connectivity index (χ4v) is 1.99. The van der Waals surface area contributed by atoms with Crippen LogP contribution in [0.3, 0.4) is 0 Å². The first-order chi connectivity index (χ1) is 5.76. The number of carbonyl (C=O) groups is 2. The largest absolute Gasteiger partial charge is 0.348 e. The molecule has 2 N–H and O–H groups in total. The Kier molecular flexibility index (Phi) is 1.65. The highest BCUT2D eigenvalue weighted by Gasteiger charge is 2.49. The van der Waals surface area contributed by atoms with Crippen molar-refractivity contribution in [2.75, 3.05) is 19.6 Å². The third kappa shape index (κ3) is 0.876. The summed E-state index contributed by atoms with van der Waals surface area (Å²) < 4.78 is 0. The predicted octanol–water partition coefficient (Wildman–Crippen LogP) is -0.945. The van der Waals surface area contributed by atoms with Crippen molar-refractivity contribution >= 4 is 11.7 Å². The molecule has 2 rings (SSSR count). The zero-order valence-electron chi connectivity index (χ0n) is 6.85. The van der Waals surface area contributed by atoms with Gasteiger partial charge < -0.3 is 10.6 Å².